The summed E-state index contributed by atoms with van der Waals surface area (Å²) in [4.78, 5) is 26.9. The van der Waals surface area contributed by atoms with Crippen LogP contribution in [0, 0.1) is 10.1 Å². The third-order valence-corrected chi connectivity index (χ3v) is 2.44. The van der Waals surface area contributed by atoms with E-state index in [-0.39, 0.29) is 30.7 Å². The first kappa shape index (κ1) is 12.2. The van der Waals surface area contributed by atoms with Gasteiger partial charge in [0.1, 0.15) is 0 Å². The van der Waals surface area contributed by atoms with E-state index in [4.69, 9.17) is 9.47 Å². The molecule has 2 heterocycles. The summed E-state index contributed by atoms with van der Waals surface area (Å²) in [6.45, 7) is 0.492. The third-order valence-electron chi connectivity index (χ3n) is 2.44. The second-order valence-corrected chi connectivity index (χ2v) is 3.58. The smallest absolute Gasteiger partial charge is 0.366 e. The topological polar surface area (TPSA) is 94.8 Å². The average molecular weight is 253 g/mol. The largest absolute Gasteiger partial charge is 0.477 e. The molecule has 1 aromatic rings. The highest BCUT2D eigenvalue weighted by Crippen LogP contribution is 2.31. The molecule has 0 bridgehead atoms. The van der Waals surface area contributed by atoms with E-state index in [1.807, 2.05) is 0 Å². The summed E-state index contributed by atoms with van der Waals surface area (Å²) in [5, 5.41) is 10.7. The predicted molar refractivity (Wildman–Crippen MR) is 60.6 cm³/mol. The number of nitro groups is 1. The van der Waals surface area contributed by atoms with E-state index in [1.54, 1.807) is 0 Å². The van der Waals surface area contributed by atoms with Crippen LogP contribution in [0.15, 0.2) is 12.1 Å². The standard InChI is InChI=1S/C10H11N3O5/c1-17-5-4-12-9(14)6-18-7-2-3-8(13(15)16)11-10(7)12/h2-3H,4-6H2,1H3. The van der Waals surface area contributed by atoms with Crippen molar-refractivity contribution in [2.45, 2.75) is 0 Å². The van der Waals surface area contributed by atoms with Crippen molar-refractivity contribution in [1.29, 1.82) is 0 Å². The maximum Gasteiger partial charge on any atom is 0.366 e. The number of aromatic nitrogens is 1. The van der Waals surface area contributed by atoms with Crippen molar-refractivity contribution >= 4 is 17.5 Å². The fourth-order valence-corrected chi connectivity index (χ4v) is 1.58. The number of nitrogens with zero attached hydrogens (tertiary/aromatic N) is 3. The Morgan fingerprint density at radius 3 is 3.06 bits per heavy atom. The number of rotatable bonds is 4. The zero-order chi connectivity index (χ0) is 13.1. The molecule has 96 valence electrons. The number of hydrogen-bond donors (Lipinski definition) is 0. The van der Waals surface area contributed by atoms with Gasteiger partial charge in [-0.25, -0.2) is 0 Å². The first-order valence-electron chi connectivity index (χ1n) is 5.21. The van der Waals surface area contributed by atoms with Crippen LogP contribution in [0.3, 0.4) is 0 Å². The molecule has 18 heavy (non-hydrogen) atoms. The Balaban J connectivity index is 2.36. The van der Waals surface area contributed by atoms with Crippen molar-refractivity contribution in [3.05, 3.63) is 22.2 Å². The molecule has 1 aromatic heterocycles. The van der Waals surface area contributed by atoms with E-state index < -0.39 is 4.92 Å². The summed E-state index contributed by atoms with van der Waals surface area (Å²) in [7, 11) is 1.51. The summed E-state index contributed by atoms with van der Waals surface area (Å²) in [5.41, 5.74) is 0. The maximum atomic E-state index is 11.7. The van der Waals surface area contributed by atoms with Crippen LogP contribution in [0.4, 0.5) is 11.6 Å². The third kappa shape index (κ3) is 2.23. The molecule has 0 aromatic carbocycles. The Hall–Kier alpha value is -2.22. The number of ether oxygens (including phenoxy) is 2. The molecule has 0 spiro atoms. The second kappa shape index (κ2) is 4.96. The molecule has 1 amide bonds. The molecule has 1 aliphatic heterocycles. The lowest BCUT2D eigenvalue weighted by Gasteiger charge is -2.24. The minimum absolute atomic E-state index is 0.101. The molecular weight excluding hydrogens is 242 g/mol. The molecule has 0 fully saturated rings. The zero-order valence-electron chi connectivity index (χ0n) is 9.66. The van der Waals surface area contributed by atoms with Crippen LogP contribution in [0.25, 0.3) is 0 Å². The highest BCUT2D eigenvalue weighted by Gasteiger charge is 2.31. The Kier molecular flexibility index (Phi) is 3.38. The first-order chi connectivity index (χ1) is 8.63. The van der Waals surface area contributed by atoms with Gasteiger partial charge < -0.3 is 19.6 Å². The predicted octanol–water partition coefficient (Wildman–Crippen LogP) is 0.362. The zero-order valence-corrected chi connectivity index (χ0v) is 9.66. The lowest BCUT2D eigenvalue weighted by atomic mass is 10.3. The molecule has 0 unspecified atom stereocenters. The average Bonchev–Trinajstić information content (AvgIpc) is 2.37. The fourth-order valence-electron chi connectivity index (χ4n) is 1.58. The van der Waals surface area contributed by atoms with E-state index in [0.717, 1.165) is 0 Å². The quantitative estimate of drug-likeness (QED) is 0.568. The minimum Gasteiger partial charge on any atom is -0.477 e. The number of pyridine rings is 1. The molecule has 0 aliphatic carbocycles. The van der Waals surface area contributed by atoms with Gasteiger partial charge in [-0.1, -0.05) is 0 Å². The number of carbonyl (C=O) groups excluding carboxylic acids is 1. The summed E-state index contributed by atoms with van der Waals surface area (Å²) in [6, 6.07) is 2.68. The Labute approximate surface area is 102 Å². The van der Waals surface area contributed by atoms with E-state index in [9.17, 15) is 14.9 Å². The summed E-state index contributed by atoms with van der Waals surface area (Å²) in [5.74, 6) is -0.101. The van der Waals surface area contributed by atoms with E-state index >= 15 is 0 Å². The van der Waals surface area contributed by atoms with Gasteiger partial charge in [0.25, 0.3) is 11.7 Å². The summed E-state index contributed by atoms with van der Waals surface area (Å²) >= 11 is 0. The number of fused-ring (bicyclic) bond motifs is 1. The van der Waals surface area contributed by atoms with Gasteiger partial charge in [-0.2, -0.15) is 0 Å². The van der Waals surface area contributed by atoms with Crippen LogP contribution in [-0.4, -0.2) is 42.7 Å². The molecule has 0 saturated carbocycles. The Morgan fingerprint density at radius 1 is 1.61 bits per heavy atom. The Bertz CT molecular complexity index is 490. The Morgan fingerprint density at radius 2 is 2.39 bits per heavy atom. The van der Waals surface area contributed by atoms with Crippen LogP contribution in [0.5, 0.6) is 5.75 Å². The first-order valence-corrected chi connectivity index (χ1v) is 5.21. The van der Waals surface area contributed by atoms with Crippen LogP contribution >= 0.6 is 0 Å². The molecule has 2 rings (SSSR count). The van der Waals surface area contributed by atoms with Gasteiger partial charge in [0.05, 0.1) is 13.2 Å². The monoisotopic (exact) mass is 253 g/mol. The van der Waals surface area contributed by atoms with Crippen LogP contribution < -0.4 is 9.64 Å². The van der Waals surface area contributed by atoms with Gasteiger partial charge in [0.15, 0.2) is 12.4 Å². The van der Waals surface area contributed by atoms with Crippen molar-refractivity contribution in [3.8, 4) is 5.75 Å². The highest BCUT2D eigenvalue weighted by molar-refractivity contribution is 5.96. The number of carbonyl (C=O) groups is 1. The molecule has 0 saturated heterocycles. The minimum atomic E-state index is -0.617. The number of methoxy groups -OCH3 is 1. The molecule has 0 atom stereocenters. The number of anilines is 1. The van der Waals surface area contributed by atoms with Gasteiger partial charge in [-0.3, -0.25) is 9.69 Å². The van der Waals surface area contributed by atoms with Gasteiger partial charge in [0, 0.05) is 13.2 Å². The van der Waals surface area contributed by atoms with Gasteiger partial charge in [0.2, 0.25) is 0 Å². The molecule has 8 heteroatoms. The molecule has 0 N–H and O–H groups in total. The van der Waals surface area contributed by atoms with E-state index in [0.29, 0.717) is 12.4 Å². The van der Waals surface area contributed by atoms with Crippen molar-refractivity contribution in [2.75, 3.05) is 31.8 Å². The van der Waals surface area contributed by atoms with Gasteiger partial charge in [-0.15, -0.1) is 0 Å². The molecule has 8 nitrogen and oxygen atoms in total. The van der Waals surface area contributed by atoms with Gasteiger partial charge in [-0.05, 0) is 16.0 Å². The SMILES string of the molecule is COCCN1C(=O)COc2ccc([N+](=O)[O-])nc21. The van der Waals surface area contributed by atoms with Crippen molar-refractivity contribution in [2.24, 2.45) is 0 Å². The second-order valence-electron chi connectivity index (χ2n) is 3.58. The number of amides is 1. The lowest BCUT2D eigenvalue weighted by molar-refractivity contribution is -0.389. The van der Waals surface area contributed by atoms with Crippen molar-refractivity contribution < 1.29 is 19.2 Å². The van der Waals surface area contributed by atoms with E-state index in [2.05, 4.69) is 4.98 Å². The van der Waals surface area contributed by atoms with Crippen LogP contribution in [-0.2, 0) is 9.53 Å². The maximum absolute atomic E-state index is 11.7. The molecule has 0 radical (unpaired) electrons. The van der Waals surface area contributed by atoms with Crippen molar-refractivity contribution in [1.82, 2.24) is 4.98 Å². The van der Waals surface area contributed by atoms with Crippen LogP contribution in [0.1, 0.15) is 0 Å². The number of hydrogen-bond acceptors (Lipinski definition) is 6. The van der Waals surface area contributed by atoms with Crippen molar-refractivity contribution in [3.63, 3.8) is 0 Å². The van der Waals surface area contributed by atoms with E-state index in [1.165, 1.54) is 24.1 Å². The normalized spacial score (nSPS) is 14.1. The molecule has 1 aliphatic rings. The molecular formula is C10H11N3O5. The van der Waals surface area contributed by atoms with Gasteiger partial charge >= 0.3 is 5.82 Å². The lowest BCUT2D eigenvalue weighted by Crippen LogP contribution is -2.41. The fraction of sp³-hybridized carbons (Fsp3) is 0.400. The van der Waals surface area contributed by atoms with Crippen LogP contribution in [0.2, 0.25) is 0 Å². The summed E-state index contributed by atoms with van der Waals surface area (Å²) < 4.78 is 10.1. The highest BCUT2D eigenvalue weighted by atomic mass is 16.6. The summed E-state index contributed by atoms with van der Waals surface area (Å²) in [6.07, 6.45) is 0.